The van der Waals surface area contributed by atoms with Crippen LogP contribution < -0.4 is 5.56 Å². The molecule has 0 radical (unpaired) electrons. The van der Waals surface area contributed by atoms with Gasteiger partial charge in [0.05, 0.1) is 12.6 Å². The Balaban J connectivity index is 1.80. The Bertz CT molecular complexity index is 1130. The number of carbonyl (C=O) groups excluding carboxylic acids is 1. The van der Waals surface area contributed by atoms with E-state index in [0.717, 1.165) is 4.47 Å². The highest BCUT2D eigenvalue weighted by Crippen LogP contribution is 2.34. The second kappa shape index (κ2) is 6.58. The van der Waals surface area contributed by atoms with Crippen molar-refractivity contribution in [3.05, 3.63) is 38.9 Å². The van der Waals surface area contributed by atoms with Gasteiger partial charge in [-0.25, -0.2) is 14.2 Å². The van der Waals surface area contributed by atoms with E-state index in [-0.39, 0.29) is 24.4 Å². The fraction of sp³-hybridized carbons (Fsp3) is 0.421. The number of alkyl halides is 1. The van der Waals surface area contributed by atoms with Gasteiger partial charge in [0.2, 0.25) is 5.58 Å². The summed E-state index contributed by atoms with van der Waals surface area (Å²) < 4.78 is 26.0. The molecule has 9 heteroatoms. The van der Waals surface area contributed by atoms with E-state index in [9.17, 15) is 14.0 Å². The van der Waals surface area contributed by atoms with Crippen molar-refractivity contribution in [2.24, 2.45) is 0 Å². The molecule has 1 aliphatic heterocycles. The maximum Gasteiger partial charge on any atom is 0.411 e. The number of fused-ring (bicyclic) bond motifs is 3. The molecular weight excluding hydrogens is 433 g/mol. The van der Waals surface area contributed by atoms with Crippen molar-refractivity contribution in [1.29, 1.82) is 0 Å². The van der Waals surface area contributed by atoms with Crippen LogP contribution in [0.3, 0.4) is 0 Å². The molecule has 1 fully saturated rings. The number of nitrogens with one attached hydrogen (secondary N) is 1. The third kappa shape index (κ3) is 3.39. The Labute approximate surface area is 168 Å². The van der Waals surface area contributed by atoms with Crippen molar-refractivity contribution in [2.45, 2.75) is 45.0 Å². The second-order valence-corrected chi connectivity index (χ2v) is 8.77. The van der Waals surface area contributed by atoms with Gasteiger partial charge in [0, 0.05) is 16.3 Å². The number of amides is 1. The molecule has 148 valence electrons. The van der Waals surface area contributed by atoms with Gasteiger partial charge in [-0.3, -0.25) is 9.69 Å². The first-order valence-corrected chi connectivity index (χ1v) is 9.67. The summed E-state index contributed by atoms with van der Waals surface area (Å²) in [6.07, 6.45) is -1.83. The fourth-order valence-electron chi connectivity index (χ4n) is 3.37. The third-order valence-corrected chi connectivity index (χ3v) is 4.99. The molecule has 2 aromatic heterocycles. The summed E-state index contributed by atoms with van der Waals surface area (Å²) in [5.41, 5.74) is -0.198. The molecule has 0 saturated carbocycles. The number of likely N-dealkylation sites (tertiary alicyclic amines) is 1. The molecule has 3 heterocycles. The lowest BCUT2D eigenvalue weighted by atomic mass is 10.2. The maximum absolute atomic E-state index is 14.2. The molecule has 28 heavy (non-hydrogen) atoms. The van der Waals surface area contributed by atoms with Crippen molar-refractivity contribution < 1.29 is 18.3 Å². The Morgan fingerprint density at radius 1 is 1.43 bits per heavy atom. The summed E-state index contributed by atoms with van der Waals surface area (Å²) in [5.74, 6) is 0.214. The molecule has 3 aromatic rings. The van der Waals surface area contributed by atoms with E-state index < -0.39 is 29.5 Å². The lowest BCUT2D eigenvalue weighted by Crippen LogP contribution is -2.37. The number of rotatable bonds is 1. The van der Waals surface area contributed by atoms with Gasteiger partial charge in [-0.15, -0.1) is 0 Å². The van der Waals surface area contributed by atoms with Crippen molar-refractivity contribution in [1.82, 2.24) is 14.9 Å². The molecule has 1 amide bonds. The first-order chi connectivity index (χ1) is 13.1. The Hall–Kier alpha value is -2.42. The minimum absolute atomic E-state index is 0.0349. The normalized spacial score (nSPS) is 20.2. The average molecular weight is 452 g/mol. The summed E-state index contributed by atoms with van der Waals surface area (Å²) in [6.45, 7) is 5.11. The zero-order valence-corrected chi connectivity index (χ0v) is 17.2. The lowest BCUT2D eigenvalue weighted by molar-refractivity contribution is 0.0210. The number of aromatic nitrogens is 2. The zero-order chi connectivity index (χ0) is 20.2. The summed E-state index contributed by atoms with van der Waals surface area (Å²) in [5, 5.41) is 0.662. The molecule has 0 spiro atoms. The van der Waals surface area contributed by atoms with E-state index in [4.69, 9.17) is 9.15 Å². The molecule has 1 saturated heterocycles. The van der Waals surface area contributed by atoms with E-state index in [2.05, 4.69) is 25.9 Å². The number of hydrogen-bond donors (Lipinski definition) is 1. The average Bonchev–Trinajstić information content (AvgIpc) is 3.14. The molecule has 4 rings (SSSR count). The van der Waals surface area contributed by atoms with Gasteiger partial charge in [-0.2, -0.15) is 0 Å². The zero-order valence-electron chi connectivity index (χ0n) is 15.6. The van der Waals surface area contributed by atoms with Crippen LogP contribution in [0.4, 0.5) is 9.18 Å². The summed E-state index contributed by atoms with van der Waals surface area (Å²) in [4.78, 5) is 33.6. The van der Waals surface area contributed by atoms with Crippen LogP contribution in [-0.2, 0) is 4.74 Å². The van der Waals surface area contributed by atoms with Gasteiger partial charge < -0.3 is 14.1 Å². The van der Waals surface area contributed by atoms with Crippen LogP contribution in [0.2, 0.25) is 0 Å². The predicted molar refractivity (Wildman–Crippen MR) is 105 cm³/mol. The Morgan fingerprint density at radius 3 is 2.89 bits per heavy atom. The van der Waals surface area contributed by atoms with Crippen LogP contribution in [-0.4, -0.2) is 39.3 Å². The van der Waals surface area contributed by atoms with E-state index in [1.165, 1.54) is 4.90 Å². The molecule has 1 N–H and O–H groups in total. The predicted octanol–water partition coefficient (Wildman–Crippen LogP) is 4.45. The molecule has 2 atom stereocenters. The highest BCUT2D eigenvalue weighted by Gasteiger charge is 2.40. The van der Waals surface area contributed by atoms with Crippen molar-refractivity contribution in [3.8, 4) is 0 Å². The Morgan fingerprint density at radius 2 is 2.18 bits per heavy atom. The van der Waals surface area contributed by atoms with Crippen molar-refractivity contribution in [3.63, 3.8) is 0 Å². The second-order valence-electron chi connectivity index (χ2n) is 7.85. The summed E-state index contributed by atoms with van der Waals surface area (Å²) >= 11 is 3.40. The number of carbonyl (C=O) groups is 1. The molecule has 1 aliphatic rings. The first-order valence-electron chi connectivity index (χ1n) is 8.88. The van der Waals surface area contributed by atoms with E-state index in [1.54, 1.807) is 39.0 Å². The summed E-state index contributed by atoms with van der Waals surface area (Å²) in [6, 6.07) is 4.61. The number of halogens is 2. The topological polar surface area (TPSA) is 88.4 Å². The van der Waals surface area contributed by atoms with E-state index >= 15 is 0 Å². The largest absolute Gasteiger partial charge is 0.449 e. The minimum atomic E-state index is -1.23. The molecule has 1 aromatic carbocycles. The van der Waals surface area contributed by atoms with E-state index in [1.807, 2.05) is 0 Å². The third-order valence-electron chi connectivity index (χ3n) is 4.50. The summed E-state index contributed by atoms with van der Waals surface area (Å²) in [7, 11) is 0. The highest BCUT2D eigenvalue weighted by molar-refractivity contribution is 9.10. The van der Waals surface area contributed by atoms with Crippen LogP contribution in [0.5, 0.6) is 0 Å². The molecule has 0 unspecified atom stereocenters. The molecular formula is C19H19BrFN3O4. The van der Waals surface area contributed by atoms with Crippen molar-refractivity contribution in [2.75, 3.05) is 6.54 Å². The number of H-pyrrole nitrogens is 1. The molecule has 0 aliphatic carbocycles. The number of aromatic amines is 1. The number of benzene rings is 1. The SMILES string of the molecule is CC(C)(C)OC(=O)N1C[C@@H](F)C[C@@H]1c1nc2c(oc3ccc(Br)cc32)c(=O)[nH]1. The van der Waals surface area contributed by atoms with Gasteiger partial charge in [0.25, 0.3) is 5.56 Å². The highest BCUT2D eigenvalue weighted by atomic mass is 79.9. The molecule has 7 nitrogen and oxygen atoms in total. The fourth-order valence-corrected chi connectivity index (χ4v) is 3.73. The van der Waals surface area contributed by atoms with Gasteiger partial charge in [0.1, 0.15) is 28.7 Å². The monoisotopic (exact) mass is 451 g/mol. The standard InChI is InChI=1S/C19H19BrFN3O4/c1-19(2,3)28-18(26)24-8-10(21)7-12(24)16-22-14-11-6-9(20)4-5-13(11)27-15(14)17(25)23-16/h4-6,10,12H,7-8H2,1-3H3,(H,22,23,25)/t10-,12+/m0/s1. The number of hydrogen-bond acceptors (Lipinski definition) is 5. The Kier molecular flexibility index (Phi) is 4.45. The van der Waals surface area contributed by atoms with Gasteiger partial charge >= 0.3 is 6.09 Å². The van der Waals surface area contributed by atoms with Gasteiger partial charge in [0.15, 0.2) is 0 Å². The lowest BCUT2D eigenvalue weighted by Gasteiger charge is -2.27. The smallest absolute Gasteiger partial charge is 0.411 e. The number of ether oxygens (including phenoxy) is 1. The van der Waals surface area contributed by atoms with Gasteiger partial charge in [-0.1, -0.05) is 15.9 Å². The van der Waals surface area contributed by atoms with Crippen molar-refractivity contribution >= 4 is 44.1 Å². The van der Waals surface area contributed by atoms with Crippen LogP contribution in [0.1, 0.15) is 39.1 Å². The van der Waals surface area contributed by atoms with Crippen LogP contribution in [0.15, 0.2) is 31.9 Å². The quantitative estimate of drug-likeness (QED) is 0.590. The van der Waals surface area contributed by atoms with Crippen LogP contribution in [0, 0.1) is 0 Å². The first kappa shape index (κ1) is 18.9. The minimum Gasteiger partial charge on any atom is -0.449 e. The maximum atomic E-state index is 14.2. The van der Waals surface area contributed by atoms with Crippen LogP contribution in [0.25, 0.3) is 22.1 Å². The number of furan rings is 1. The van der Waals surface area contributed by atoms with Crippen LogP contribution >= 0.6 is 15.9 Å². The van der Waals surface area contributed by atoms with E-state index in [0.29, 0.717) is 16.5 Å². The van der Waals surface area contributed by atoms with Gasteiger partial charge in [-0.05, 0) is 39.0 Å². The molecule has 0 bridgehead atoms. The number of nitrogens with zero attached hydrogens (tertiary/aromatic N) is 2.